The molecule has 1 rings (SSSR count). The van der Waals surface area contributed by atoms with Crippen LogP contribution in [0.5, 0.6) is 0 Å². The largest absolute Gasteiger partial charge is 0.353 e. The summed E-state index contributed by atoms with van der Waals surface area (Å²) in [5.74, 6) is -0.740. The van der Waals surface area contributed by atoms with Crippen LogP contribution in [0, 0.1) is 11.3 Å². The number of carbonyl (C=O) groups is 2. The van der Waals surface area contributed by atoms with Crippen LogP contribution < -0.4 is 10.0 Å². The lowest BCUT2D eigenvalue weighted by Gasteiger charge is -2.31. The van der Waals surface area contributed by atoms with Crippen LogP contribution >= 0.6 is 0 Å². The summed E-state index contributed by atoms with van der Waals surface area (Å²) in [7, 11) is -3.67. The summed E-state index contributed by atoms with van der Waals surface area (Å²) < 4.78 is 25.3. The monoisotopic (exact) mass is 346 g/mol. The van der Waals surface area contributed by atoms with Gasteiger partial charge >= 0.3 is 0 Å². The van der Waals surface area contributed by atoms with Crippen molar-refractivity contribution in [1.29, 1.82) is 0 Å². The number of carbonyl (C=O) groups excluding carboxylic acids is 2. The van der Waals surface area contributed by atoms with Crippen molar-refractivity contribution in [1.82, 2.24) is 10.0 Å². The van der Waals surface area contributed by atoms with Crippen LogP contribution in [0.3, 0.4) is 0 Å². The molecule has 23 heavy (non-hydrogen) atoms. The minimum absolute atomic E-state index is 0.000659. The maximum atomic E-state index is 12.2. The Morgan fingerprint density at radius 1 is 0.913 bits per heavy atom. The molecule has 2 N–H and O–H groups in total. The van der Waals surface area contributed by atoms with E-state index >= 15 is 0 Å². The summed E-state index contributed by atoms with van der Waals surface area (Å²) in [6, 6.07) is 0.0602. The zero-order valence-electron chi connectivity index (χ0n) is 15.0. The van der Waals surface area contributed by atoms with Gasteiger partial charge in [0.05, 0.1) is 4.75 Å². The van der Waals surface area contributed by atoms with Crippen molar-refractivity contribution in [3.8, 4) is 0 Å². The molecule has 0 bridgehead atoms. The zero-order chi connectivity index (χ0) is 18.1. The first kappa shape index (κ1) is 19.9. The van der Waals surface area contributed by atoms with Gasteiger partial charge in [0.1, 0.15) is 0 Å². The van der Waals surface area contributed by atoms with Crippen molar-refractivity contribution in [3.05, 3.63) is 0 Å². The van der Waals surface area contributed by atoms with E-state index in [4.69, 9.17) is 0 Å². The molecule has 0 aromatic carbocycles. The van der Waals surface area contributed by atoms with Crippen molar-refractivity contribution in [2.75, 3.05) is 0 Å². The zero-order valence-corrected chi connectivity index (χ0v) is 15.8. The Labute approximate surface area is 139 Å². The van der Waals surface area contributed by atoms with Crippen LogP contribution in [0.4, 0.5) is 0 Å². The Bertz CT molecular complexity index is 548. The molecule has 0 aliphatic heterocycles. The highest BCUT2D eigenvalue weighted by atomic mass is 32.2. The molecule has 0 aromatic rings. The normalized spacial score (nSPS) is 23.2. The molecular formula is C16H30N2O4S. The van der Waals surface area contributed by atoms with Gasteiger partial charge in [0.2, 0.25) is 21.8 Å². The van der Waals surface area contributed by atoms with Gasteiger partial charge in [0.15, 0.2) is 0 Å². The number of hydrogen-bond acceptors (Lipinski definition) is 4. The highest BCUT2D eigenvalue weighted by Gasteiger charge is 2.35. The van der Waals surface area contributed by atoms with E-state index in [0.717, 1.165) is 0 Å². The summed E-state index contributed by atoms with van der Waals surface area (Å²) >= 11 is 0. The average molecular weight is 346 g/mol. The van der Waals surface area contributed by atoms with Crippen LogP contribution in [0.25, 0.3) is 0 Å². The number of sulfonamides is 1. The Morgan fingerprint density at radius 3 is 1.78 bits per heavy atom. The molecule has 1 saturated carbocycles. The lowest BCUT2D eigenvalue weighted by Crippen LogP contribution is -2.47. The maximum Gasteiger partial charge on any atom is 0.239 e. The third kappa shape index (κ3) is 5.48. The van der Waals surface area contributed by atoms with Crippen LogP contribution in [-0.2, 0) is 19.6 Å². The minimum atomic E-state index is -3.67. The summed E-state index contributed by atoms with van der Waals surface area (Å²) in [4.78, 5) is 24.1. The number of amides is 2. The molecule has 1 aliphatic carbocycles. The predicted octanol–water partition coefficient (Wildman–Crippen LogP) is 1.95. The van der Waals surface area contributed by atoms with Crippen molar-refractivity contribution in [2.45, 2.75) is 78.0 Å². The van der Waals surface area contributed by atoms with Crippen LogP contribution in [0.1, 0.15) is 67.2 Å². The molecule has 0 spiro atoms. The Kier molecular flexibility index (Phi) is 5.88. The summed E-state index contributed by atoms with van der Waals surface area (Å²) in [6.07, 6.45) is 2.55. The fraction of sp³-hybridized carbons (Fsp3) is 0.875. The smallest absolute Gasteiger partial charge is 0.239 e. The Hall–Kier alpha value is -1.11. The van der Waals surface area contributed by atoms with Crippen molar-refractivity contribution in [3.63, 3.8) is 0 Å². The second-order valence-electron chi connectivity index (χ2n) is 8.35. The Morgan fingerprint density at radius 2 is 1.39 bits per heavy atom. The lowest BCUT2D eigenvalue weighted by atomic mass is 9.85. The van der Waals surface area contributed by atoms with E-state index in [1.165, 1.54) is 0 Å². The second-order valence-corrected chi connectivity index (χ2v) is 10.8. The van der Waals surface area contributed by atoms with Gasteiger partial charge in [-0.2, -0.15) is 0 Å². The molecule has 7 heteroatoms. The van der Waals surface area contributed by atoms with Crippen molar-refractivity contribution in [2.24, 2.45) is 11.3 Å². The molecule has 0 saturated heterocycles. The fourth-order valence-electron chi connectivity index (χ4n) is 2.27. The van der Waals surface area contributed by atoms with Gasteiger partial charge in [0.25, 0.3) is 0 Å². The van der Waals surface area contributed by atoms with Gasteiger partial charge in [-0.25, -0.2) is 8.42 Å². The third-order valence-corrected chi connectivity index (χ3v) is 6.24. The number of rotatable bonds is 3. The van der Waals surface area contributed by atoms with E-state index in [1.807, 2.05) is 20.8 Å². The quantitative estimate of drug-likeness (QED) is 0.817. The molecule has 6 nitrogen and oxygen atoms in total. The molecule has 1 aliphatic rings. The van der Waals surface area contributed by atoms with Crippen molar-refractivity contribution >= 4 is 21.8 Å². The topological polar surface area (TPSA) is 92.3 Å². The maximum absolute atomic E-state index is 12.2. The molecule has 1 fully saturated rings. The van der Waals surface area contributed by atoms with E-state index in [1.54, 1.807) is 20.8 Å². The van der Waals surface area contributed by atoms with Gasteiger partial charge in [-0.3, -0.25) is 14.3 Å². The van der Waals surface area contributed by atoms with Crippen molar-refractivity contribution < 1.29 is 18.0 Å². The molecule has 0 aromatic heterocycles. The summed E-state index contributed by atoms with van der Waals surface area (Å²) in [5, 5.41) is 3.00. The van der Waals surface area contributed by atoms with Gasteiger partial charge in [-0.15, -0.1) is 0 Å². The molecule has 0 radical (unpaired) electrons. The summed E-state index contributed by atoms with van der Waals surface area (Å²) in [6.45, 7) is 10.3. The van der Waals surface area contributed by atoms with Crippen LogP contribution in [-0.4, -0.2) is 31.0 Å². The average Bonchev–Trinajstić information content (AvgIpc) is 2.36. The third-order valence-electron chi connectivity index (χ3n) is 4.16. The minimum Gasteiger partial charge on any atom is -0.353 e. The second kappa shape index (κ2) is 6.79. The highest BCUT2D eigenvalue weighted by molar-refractivity contribution is 7.91. The standard InChI is InChI=1S/C16H30N2O4S/c1-15(2,3)14(20)17-12-9-7-11(8-10-12)13(19)18-23(21,22)16(4,5)6/h11-12H,7-10H2,1-6H3,(H,17,20)(H,18,19). The van der Waals surface area contributed by atoms with E-state index in [0.29, 0.717) is 25.7 Å². The van der Waals surface area contributed by atoms with E-state index in [2.05, 4.69) is 10.0 Å². The van der Waals surface area contributed by atoms with Crippen LogP contribution in [0.2, 0.25) is 0 Å². The first-order valence-electron chi connectivity index (χ1n) is 8.11. The Balaban J connectivity index is 2.54. The molecule has 134 valence electrons. The molecule has 0 unspecified atom stereocenters. The predicted molar refractivity (Wildman–Crippen MR) is 90.2 cm³/mol. The van der Waals surface area contributed by atoms with Gasteiger partial charge < -0.3 is 5.32 Å². The highest BCUT2D eigenvalue weighted by Crippen LogP contribution is 2.26. The van der Waals surface area contributed by atoms with Gasteiger partial charge in [-0.1, -0.05) is 20.8 Å². The first-order chi connectivity index (χ1) is 10.2. The van der Waals surface area contributed by atoms with E-state index in [-0.39, 0.29) is 17.9 Å². The van der Waals surface area contributed by atoms with E-state index < -0.39 is 26.1 Å². The lowest BCUT2D eigenvalue weighted by molar-refractivity contribution is -0.129. The fourth-order valence-corrected chi connectivity index (χ4v) is 3.01. The SMILES string of the molecule is CC(C)(C)C(=O)NC1CCC(C(=O)NS(=O)(=O)C(C)(C)C)CC1. The first-order valence-corrected chi connectivity index (χ1v) is 9.59. The molecule has 2 amide bonds. The van der Waals surface area contributed by atoms with Gasteiger partial charge in [-0.05, 0) is 46.5 Å². The molecular weight excluding hydrogens is 316 g/mol. The molecule has 0 atom stereocenters. The van der Waals surface area contributed by atoms with E-state index in [9.17, 15) is 18.0 Å². The molecule has 0 heterocycles. The van der Waals surface area contributed by atoms with Gasteiger partial charge in [0, 0.05) is 17.4 Å². The number of hydrogen-bond donors (Lipinski definition) is 2. The summed E-state index contributed by atoms with van der Waals surface area (Å²) in [5.41, 5.74) is -0.436. The number of nitrogens with one attached hydrogen (secondary N) is 2. The van der Waals surface area contributed by atoms with Crippen LogP contribution in [0.15, 0.2) is 0 Å².